The van der Waals surface area contributed by atoms with Crippen LogP contribution >= 0.6 is 0 Å². The number of carbonyl (C=O) groups excluding carboxylic acids is 2. The van der Waals surface area contributed by atoms with E-state index in [1.807, 2.05) is 0 Å². The number of hydrogen-bond acceptors (Lipinski definition) is 5. The topological polar surface area (TPSA) is 91.4 Å². The van der Waals surface area contributed by atoms with Crippen LogP contribution < -0.4 is 11.3 Å². The summed E-state index contributed by atoms with van der Waals surface area (Å²) in [4.78, 5) is 37.5. The molecule has 0 radical (unpaired) electrons. The maximum absolute atomic E-state index is 15.1. The Bertz CT molecular complexity index is 1420. The van der Waals surface area contributed by atoms with Gasteiger partial charge in [-0.2, -0.15) is 0 Å². The Morgan fingerprint density at radius 2 is 1.55 bits per heavy atom. The zero-order valence-electron chi connectivity index (χ0n) is 21.4. The summed E-state index contributed by atoms with van der Waals surface area (Å²) in [6.45, 7) is 6.99. The predicted molar refractivity (Wildman–Crippen MR) is 134 cm³/mol. The molecule has 2 N–H and O–H groups in total. The Hall–Kier alpha value is -3.95. The van der Waals surface area contributed by atoms with E-state index in [1.165, 1.54) is 0 Å². The molecule has 0 amide bonds. The van der Waals surface area contributed by atoms with Crippen molar-refractivity contribution in [2.24, 2.45) is 5.92 Å². The fraction of sp³-hybridized carbons (Fsp3) is 0.321. The van der Waals surface area contributed by atoms with Crippen LogP contribution in [0.2, 0.25) is 0 Å². The van der Waals surface area contributed by atoms with Gasteiger partial charge >= 0.3 is 5.97 Å². The van der Waals surface area contributed by atoms with E-state index in [4.69, 9.17) is 10.5 Å². The third-order valence-electron chi connectivity index (χ3n) is 5.76. The summed E-state index contributed by atoms with van der Waals surface area (Å²) in [5.74, 6) is -6.65. The van der Waals surface area contributed by atoms with Crippen LogP contribution in [-0.4, -0.2) is 21.9 Å². The molecule has 0 aliphatic rings. The number of aromatic nitrogens is 1. The SMILES string of the molecule is C[C@H](CCCc1cc(F)c(-n2c(N)c(C(=O)c3ccc(F)cc3F)ccc2=O)c(F)c1)C(=O)OC(C)(C)C. The molecule has 10 heteroatoms. The number of esters is 1. The van der Waals surface area contributed by atoms with E-state index in [0.717, 1.165) is 36.4 Å². The first-order valence-electron chi connectivity index (χ1n) is 11.9. The van der Waals surface area contributed by atoms with Crippen molar-refractivity contribution >= 4 is 17.6 Å². The van der Waals surface area contributed by atoms with Crippen molar-refractivity contribution in [1.82, 2.24) is 4.57 Å². The molecule has 1 atom stereocenters. The van der Waals surface area contributed by atoms with Gasteiger partial charge in [-0.3, -0.25) is 19.0 Å². The van der Waals surface area contributed by atoms with Crippen molar-refractivity contribution in [2.75, 3.05) is 5.73 Å². The normalized spacial score (nSPS) is 12.3. The van der Waals surface area contributed by atoms with Gasteiger partial charge in [-0.25, -0.2) is 17.6 Å². The van der Waals surface area contributed by atoms with Gasteiger partial charge in [-0.15, -0.1) is 0 Å². The van der Waals surface area contributed by atoms with Crippen molar-refractivity contribution in [2.45, 2.75) is 52.6 Å². The first-order valence-corrected chi connectivity index (χ1v) is 11.9. The highest BCUT2D eigenvalue weighted by atomic mass is 19.1. The third kappa shape index (κ3) is 6.48. The monoisotopic (exact) mass is 532 g/mol. The van der Waals surface area contributed by atoms with Crippen LogP contribution in [0.4, 0.5) is 23.4 Å². The predicted octanol–water partition coefficient (Wildman–Crippen LogP) is 5.51. The van der Waals surface area contributed by atoms with Crippen molar-refractivity contribution in [3.8, 4) is 5.69 Å². The first-order chi connectivity index (χ1) is 17.7. The molecule has 0 spiro atoms. The van der Waals surface area contributed by atoms with Gasteiger partial charge in [-0.05, 0) is 75.9 Å². The van der Waals surface area contributed by atoms with E-state index >= 15 is 8.78 Å². The molecule has 2 aromatic carbocycles. The van der Waals surface area contributed by atoms with E-state index in [0.29, 0.717) is 23.5 Å². The van der Waals surface area contributed by atoms with Gasteiger partial charge in [0.25, 0.3) is 5.56 Å². The lowest BCUT2D eigenvalue weighted by Crippen LogP contribution is -2.27. The minimum Gasteiger partial charge on any atom is -0.460 e. The zero-order chi connectivity index (χ0) is 28.4. The summed E-state index contributed by atoms with van der Waals surface area (Å²) in [7, 11) is 0. The second-order valence-corrected chi connectivity index (χ2v) is 9.99. The smallest absolute Gasteiger partial charge is 0.309 e. The molecule has 202 valence electrons. The number of carbonyl (C=O) groups is 2. The standard InChI is InChI=1S/C28H28F4N2O4/c1-15(27(37)38-28(2,3)4)6-5-7-16-12-21(31)24(22(32)13-16)34-23(35)11-10-19(26(34)33)25(36)18-9-8-17(29)14-20(18)30/h8-15H,5-7,33H2,1-4H3/t15-/m1/s1. The van der Waals surface area contributed by atoms with Gasteiger partial charge in [-0.1, -0.05) is 6.92 Å². The van der Waals surface area contributed by atoms with Gasteiger partial charge in [0.2, 0.25) is 0 Å². The highest BCUT2D eigenvalue weighted by Gasteiger charge is 2.24. The molecule has 1 aromatic heterocycles. The molecule has 1 heterocycles. The van der Waals surface area contributed by atoms with E-state index in [-0.39, 0.29) is 18.0 Å². The number of nitrogens with zero attached hydrogens (tertiary/aromatic N) is 1. The molecule has 0 saturated heterocycles. The number of anilines is 1. The van der Waals surface area contributed by atoms with Gasteiger partial charge < -0.3 is 10.5 Å². The largest absolute Gasteiger partial charge is 0.460 e. The Labute approximate surface area is 217 Å². The van der Waals surface area contributed by atoms with Crippen LogP contribution in [-0.2, 0) is 16.0 Å². The van der Waals surface area contributed by atoms with E-state index in [2.05, 4.69) is 0 Å². The first kappa shape index (κ1) is 28.6. The third-order valence-corrected chi connectivity index (χ3v) is 5.76. The molecule has 0 saturated carbocycles. The Balaban J connectivity index is 1.87. The molecule has 3 rings (SSSR count). The van der Waals surface area contributed by atoms with Crippen LogP contribution in [0, 0.1) is 29.2 Å². The molecule has 6 nitrogen and oxygen atoms in total. The Kier molecular flexibility index (Phi) is 8.44. The lowest BCUT2D eigenvalue weighted by Gasteiger charge is -2.22. The van der Waals surface area contributed by atoms with Crippen LogP contribution in [0.1, 0.15) is 62.0 Å². The van der Waals surface area contributed by atoms with Crippen molar-refractivity contribution in [1.29, 1.82) is 0 Å². The van der Waals surface area contributed by atoms with Gasteiger partial charge in [0.05, 0.1) is 17.0 Å². The fourth-order valence-electron chi connectivity index (χ4n) is 3.90. The summed E-state index contributed by atoms with van der Waals surface area (Å²) in [6.07, 6.45) is 1.11. The Morgan fingerprint density at radius 3 is 2.13 bits per heavy atom. The number of halogens is 4. The second-order valence-electron chi connectivity index (χ2n) is 9.99. The zero-order valence-corrected chi connectivity index (χ0v) is 21.4. The minimum atomic E-state index is -1.16. The van der Waals surface area contributed by atoms with Gasteiger partial charge in [0, 0.05) is 12.1 Å². The van der Waals surface area contributed by atoms with Crippen molar-refractivity contribution in [3.05, 3.63) is 92.8 Å². The summed E-state index contributed by atoms with van der Waals surface area (Å²) in [5.41, 5.74) is 2.98. The van der Waals surface area contributed by atoms with Crippen LogP contribution in [0.5, 0.6) is 0 Å². The number of rotatable bonds is 8. The van der Waals surface area contributed by atoms with Crippen LogP contribution in [0.25, 0.3) is 5.69 Å². The second kappa shape index (κ2) is 11.2. The molecular weight excluding hydrogens is 504 g/mol. The quantitative estimate of drug-likeness (QED) is 0.235. The molecule has 3 aromatic rings. The summed E-state index contributed by atoms with van der Waals surface area (Å²) in [6, 6.07) is 6.24. The molecule has 0 fully saturated rings. The molecular formula is C28H28F4N2O4. The number of nitrogen functional groups attached to an aromatic ring is 1. The molecule has 0 unspecified atom stereocenters. The number of pyridine rings is 1. The fourth-order valence-corrected chi connectivity index (χ4v) is 3.90. The van der Waals surface area contributed by atoms with Gasteiger partial charge in [0.1, 0.15) is 28.7 Å². The number of benzene rings is 2. The lowest BCUT2D eigenvalue weighted by atomic mass is 10.00. The van der Waals surface area contributed by atoms with Crippen LogP contribution in [0.3, 0.4) is 0 Å². The average Bonchev–Trinajstić information content (AvgIpc) is 2.79. The lowest BCUT2D eigenvalue weighted by molar-refractivity contribution is -0.159. The highest BCUT2D eigenvalue weighted by molar-refractivity contribution is 6.11. The summed E-state index contributed by atoms with van der Waals surface area (Å²) >= 11 is 0. The summed E-state index contributed by atoms with van der Waals surface area (Å²) in [5, 5.41) is 0. The molecule has 0 aliphatic carbocycles. The van der Waals surface area contributed by atoms with E-state index in [1.54, 1.807) is 27.7 Å². The van der Waals surface area contributed by atoms with Crippen molar-refractivity contribution in [3.63, 3.8) is 0 Å². The average molecular weight is 533 g/mol. The molecule has 0 bridgehead atoms. The number of hydrogen-bond donors (Lipinski definition) is 1. The minimum absolute atomic E-state index is 0.244. The maximum Gasteiger partial charge on any atom is 0.309 e. The summed E-state index contributed by atoms with van der Waals surface area (Å²) < 4.78 is 63.4. The molecule has 0 aliphatic heterocycles. The Morgan fingerprint density at radius 1 is 0.947 bits per heavy atom. The van der Waals surface area contributed by atoms with E-state index < -0.39 is 68.8 Å². The van der Waals surface area contributed by atoms with Crippen molar-refractivity contribution < 1.29 is 31.9 Å². The van der Waals surface area contributed by atoms with E-state index in [9.17, 15) is 23.2 Å². The maximum atomic E-state index is 15.1. The number of nitrogens with two attached hydrogens (primary N) is 1. The molecule has 38 heavy (non-hydrogen) atoms. The highest BCUT2D eigenvalue weighted by Crippen LogP contribution is 2.26. The number of aryl methyl sites for hydroxylation is 1. The number of ether oxygens (including phenoxy) is 1. The number of ketones is 1. The van der Waals surface area contributed by atoms with Crippen LogP contribution in [0.15, 0.2) is 47.3 Å². The van der Waals surface area contributed by atoms with Gasteiger partial charge in [0.15, 0.2) is 17.4 Å².